The van der Waals surface area contributed by atoms with Crippen LogP contribution >= 0.6 is 0 Å². The van der Waals surface area contributed by atoms with Crippen LogP contribution in [0.15, 0.2) is 47.1 Å². The standard InChI is InChI=1S/C14H14N2O4/c15-13(17)9-20-12-6-2-1-5-11(12)14(18)16-8-10-4-3-7-19-10/h1-7H,8-9H2,(H2,15,17)(H,16,18). The van der Waals surface area contributed by atoms with Crippen molar-refractivity contribution in [3.05, 3.63) is 54.0 Å². The molecule has 1 heterocycles. The van der Waals surface area contributed by atoms with Crippen molar-refractivity contribution in [2.24, 2.45) is 5.73 Å². The smallest absolute Gasteiger partial charge is 0.255 e. The van der Waals surface area contributed by atoms with Crippen LogP contribution in [-0.4, -0.2) is 18.4 Å². The minimum absolute atomic E-state index is 0.274. The first-order valence-electron chi connectivity index (χ1n) is 5.97. The molecule has 1 aromatic heterocycles. The largest absolute Gasteiger partial charge is 0.483 e. The number of benzene rings is 1. The van der Waals surface area contributed by atoms with E-state index in [1.165, 1.54) is 6.26 Å². The van der Waals surface area contributed by atoms with Gasteiger partial charge in [-0.15, -0.1) is 0 Å². The zero-order valence-electron chi connectivity index (χ0n) is 10.7. The van der Waals surface area contributed by atoms with Crippen LogP contribution in [0.3, 0.4) is 0 Å². The average molecular weight is 274 g/mol. The van der Waals surface area contributed by atoms with E-state index in [0.29, 0.717) is 17.1 Å². The topological polar surface area (TPSA) is 94.6 Å². The highest BCUT2D eigenvalue weighted by Crippen LogP contribution is 2.17. The van der Waals surface area contributed by atoms with Crippen LogP contribution in [0.25, 0.3) is 0 Å². The number of primary amides is 1. The summed E-state index contributed by atoms with van der Waals surface area (Å²) in [6, 6.07) is 10.1. The molecule has 2 rings (SSSR count). The Morgan fingerprint density at radius 3 is 2.70 bits per heavy atom. The zero-order valence-corrected chi connectivity index (χ0v) is 10.7. The summed E-state index contributed by atoms with van der Waals surface area (Å²) in [7, 11) is 0. The minimum atomic E-state index is -0.601. The van der Waals surface area contributed by atoms with Crippen LogP contribution < -0.4 is 15.8 Å². The first kappa shape index (κ1) is 13.7. The van der Waals surface area contributed by atoms with Gasteiger partial charge in [0.25, 0.3) is 11.8 Å². The van der Waals surface area contributed by atoms with E-state index in [1.54, 1.807) is 36.4 Å². The molecule has 0 aliphatic heterocycles. The second-order valence-corrected chi connectivity index (χ2v) is 4.01. The molecular formula is C14H14N2O4. The fourth-order valence-corrected chi connectivity index (χ4v) is 1.60. The number of rotatable bonds is 6. The van der Waals surface area contributed by atoms with Crippen LogP contribution in [0, 0.1) is 0 Å². The number of carbonyl (C=O) groups excluding carboxylic acids is 2. The summed E-state index contributed by atoms with van der Waals surface area (Å²) in [4.78, 5) is 22.8. The van der Waals surface area contributed by atoms with Crippen LogP contribution in [0.1, 0.15) is 16.1 Å². The molecule has 2 amide bonds. The van der Waals surface area contributed by atoms with Crippen LogP contribution in [0.4, 0.5) is 0 Å². The van der Waals surface area contributed by atoms with Crippen LogP contribution in [-0.2, 0) is 11.3 Å². The average Bonchev–Trinajstić information content (AvgIpc) is 2.96. The lowest BCUT2D eigenvalue weighted by Crippen LogP contribution is -2.25. The number of amides is 2. The maximum atomic E-state index is 12.1. The Morgan fingerprint density at radius 1 is 1.20 bits per heavy atom. The molecule has 0 bridgehead atoms. The number of hydrogen-bond donors (Lipinski definition) is 2. The molecule has 0 fully saturated rings. The number of furan rings is 1. The van der Waals surface area contributed by atoms with Gasteiger partial charge in [0.15, 0.2) is 6.61 Å². The fourth-order valence-electron chi connectivity index (χ4n) is 1.60. The summed E-state index contributed by atoms with van der Waals surface area (Å²) in [5.74, 6) is 0.0365. The molecule has 0 saturated carbocycles. The van der Waals surface area contributed by atoms with E-state index in [-0.39, 0.29) is 19.1 Å². The van der Waals surface area contributed by atoms with E-state index < -0.39 is 5.91 Å². The van der Waals surface area contributed by atoms with Crippen molar-refractivity contribution < 1.29 is 18.7 Å². The highest BCUT2D eigenvalue weighted by atomic mass is 16.5. The summed E-state index contributed by atoms with van der Waals surface area (Å²) in [6.45, 7) is -0.00152. The Morgan fingerprint density at radius 2 is 2.00 bits per heavy atom. The van der Waals surface area contributed by atoms with Gasteiger partial charge in [0.1, 0.15) is 11.5 Å². The number of nitrogens with two attached hydrogens (primary N) is 1. The molecule has 104 valence electrons. The molecule has 0 radical (unpaired) electrons. The minimum Gasteiger partial charge on any atom is -0.483 e. The second kappa shape index (κ2) is 6.42. The van der Waals surface area contributed by atoms with Gasteiger partial charge in [0.2, 0.25) is 0 Å². The summed E-state index contributed by atoms with van der Waals surface area (Å²) in [6.07, 6.45) is 1.53. The summed E-state index contributed by atoms with van der Waals surface area (Å²) >= 11 is 0. The monoisotopic (exact) mass is 274 g/mol. The molecule has 0 atom stereocenters. The molecule has 3 N–H and O–H groups in total. The van der Waals surface area contributed by atoms with E-state index in [4.69, 9.17) is 14.9 Å². The lowest BCUT2D eigenvalue weighted by atomic mass is 10.2. The van der Waals surface area contributed by atoms with Crippen molar-refractivity contribution >= 4 is 11.8 Å². The lowest BCUT2D eigenvalue weighted by molar-refractivity contribution is -0.119. The predicted octanol–water partition coefficient (Wildman–Crippen LogP) is 1.07. The third-order valence-corrected chi connectivity index (χ3v) is 2.50. The first-order chi connectivity index (χ1) is 9.66. The quantitative estimate of drug-likeness (QED) is 0.823. The Bertz CT molecular complexity index is 593. The van der Waals surface area contributed by atoms with Gasteiger partial charge in [-0.3, -0.25) is 9.59 Å². The van der Waals surface area contributed by atoms with E-state index in [9.17, 15) is 9.59 Å². The molecule has 0 aliphatic carbocycles. The number of para-hydroxylation sites is 1. The van der Waals surface area contributed by atoms with E-state index >= 15 is 0 Å². The van der Waals surface area contributed by atoms with Crippen molar-refractivity contribution in [1.29, 1.82) is 0 Å². The Balaban J connectivity index is 2.03. The molecule has 0 saturated heterocycles. The normalized spacial score (nSPS) is 10.0. The fraction of sp³-hybridized carbons (Fsp3) is 0.143. The summed E-state index contributed by atoms with van der Waals surface area (Å²) in [5.41, 5.74) is 5.35. The molecule has 20 heavy (non-hydrogen) atoms. The SMILES string of the molecule is NC(=O)COc1ccccc1C(=O)NCc1ccco1. The van der Waals surface area contributed by atoms with Crippen molar-refractivity contribution in [1.82, 2.24) is 5.32 Å². The Kier molecular flexibility index (Phi) is 4.39. The first-order valence-corrected chi connectivity index (χ1v) is 5.97. The highest BCUT2D eigenvalue weighted by Gasteiger charge is 2.12. The van der Waals surface area contributed by atoms with E-state index in [2.05, 4.69) is 5.32 Å². The van der Waals surface area contributed by atoms with E-state index in [1.807, 2.05) is 0 Å². The molecule has 6 heteroatoms. The molecular weight excluding hydrogens is 260 g/mol. The number of hydrogen-bond acceptors (Lipinski definition) is 4. The predicted molar refractivity (Wildman–Crippen MR) is 71.0 cm³/mol. The Labute approximate surface area is 115 Å². The number of nitrogens with one attached hydrogen (secondary N) is 1. The maximum absolute atomic E-state index is 12.1. The maximum Gasteiger partial charge on any atom is 0.255 e. The van der Waals surface area contributed by atoms with Crippen molar-refractivity contribution in [3.8, 4) is 5.75 Å². The number of carbonyl (C=O) groups is 2. The van der Waals surface area contributed by atoms with Crippen molar-refractivity contribution in [3.63, 3.8) is 0 Å². The third-order valence-electron chi connectivity index (χ3n) is 2.50. The van der Waals surface area contributed by atoms with Crippen LogP contribution in [0.5, 0.6) is 5.75 Å². The van der Waals surface area contributed by atoms with Crippen molar-refractivity contribution in [2.75, 3.05) is 6.61 Å². The Hall–Kier alpha value is -2.76. The lowest BCUT2D eigenvalue weighted by Gasteiger charge is -2.10. The zero-order chi connectivity index (χ0) is 14.4. The molecule has 1 aromatic carbocycles. The summed E-state index contributed by atoms with van der Waals surface area (Å²) in [5, 5.41) is 2.70. The number of ether oxygens (including phenoxy) is 1. The second-order valence-electron chi connectivity index (χ2n) is 4.01. The van der Waals surface area contributed by atoms with E-state index in [0.717, 1.165) is 0 Å². The third kappa shape index (κ3) is 3.61. The van der Waals surface area contributed by atoms with Crippen molar-refractivity contribution in [2.45, 2.75) is 6.54 Å². The van der Waals surface area contributed by atoms with Gasteiger partial charge >= 0.3 is 0 Å². The highest BCUT2D eigenvalue weighted by molar-refractivity contribution is 5.96. The molecule has 6 nitrogen and oxygen atoms in total. The molecule has 2 aromatic rings. The van der Waals surface area contributed by atoms with Crippen LogP contribution in [0.2, 0.25) is 0 Å². The van der Waals surface area contributed by atoms with Gasteiger partial charge in [-0.25, -0.2) is 0 Å². The molecule has 0 unspecified atom stereocenters. The van der Waals surface area contributed by atoms with Gasteiger partial charge < -0.3 is 20.2 Å². The molecule has 0 spiro atoms. The summed E-state index contributed by atoms with van der Waals surface area (Å²) < 4.78 is 10.3. The van der Waals surface area contributed by atoms with Gasteiger partial charge in [-0.05, 0) is 24.3 Å². The van der Waals surface area contributed by atoms with Gasteiger partial charge in [-0.1, -0.05) is 12.1 Å². The van der Waals surface area contributed by atoms with Gasteiger partial charge in [0.05, 0.1) is 18.4 Å². The van der Waals surface area contributed by atoms with Gasteiger partial charge in [-0.2, -0.15) is 0 Å². The molecule has 0 aliphatic rings. The van der Waals surface area contributed by atoms with Gasteiger partial charge in [0, 0.05) is 0 Å².